The quantitative estimate of drug-likeness (QED) is 0.568. The van der Waals surface area contributed by atoms with Crippen molar-refractivity contribution < 1.29 is 14.0 Å². The Balaban J connectivity index is 1.77. The molecular weight excluding hydrogens is 408 g/mol. The molecule has 150 valence electrons. The molecule has 7 heteroatoms. The molecule has 2 heterocycles. The van der Waals surface area contributed by atoms with Crippen molar-refractivity contribution in [1.29, 1.82) is 0 Å². The molecule has 1 aliphatic carbocycles. The molecule has 1 unspecified atom stereocenters. The van der Waals surface area contributed by atoms with Gasteiger partial charge in [0.15, 0.2) is 11.8 Å². The summed E-state index contributed by atoms with van der Waals surface area (Å²) in [6.45, 7) is 0. The molecule has 3 aromatic rings. The van der Waals surface area contributed by atoms with E-state index in [-0.39, 0.29) is 17.7 Å². The SMILES string of the molecule is O=C(NC1CCCC1)C(c1cccs1)N(C(=O)c1ccco1)c1cccc(Cl)c1. The smallest absolute Gasteiger partial charge is 0.295 e. The highest BCUT2D eigenvalue weighted by molar-refractivity contribution is 7.10. The van der Waals surface area contributed by atoms with Gasteiger partial charge in [0.05, 0.1) is 6.26 Å². The van der Waals surface area contributed by atoms with E-state index in [4.69, 9.17) is 16.0 Å². The average Bonchev–Trinajstić information content (AvgIpc) is 3.49. The molecule has 0 spiro atoms. The number of nitrogens with zero attached hydrogens (tertiary/aromatic N) is 1. The molecule has 2 aromatic heterocycles. The number of nitrogens with one attached hydrogen (secondary N) is 1. The second kappa shape index (κ2) is 8.84. The molecule has 0 saturated heterocycles. The maximum Gasteiger partial charge on any atom is 0.295 e. The normalized spacial score (nSPS) is 15.2. The van der Waals surface area contributed by atoms with Crippen molar-refractivity contribution in [3.05, 3.63) is 75.8 Å². The van der Waals surface area contributed by atoms with Gasteiger partial charge in [-0.05, 0) is 54.6 Å². The average molecular weight is 429 g/mol. The Morgan fingerprint density at radius 2 is 1.97 bits per heavy atom. The largest absolute Gasteiger partial charge is 0.459 e. The van der Waals surface area contributed by atoms with Crippen LogP contribution in [-0.2, 0) is 4.79 Å². The van der Waals surface area contributed by atoms with Crippen molar-refractivity contribution in [3.8, 4) is 0 Å². The second-order valence-corrected chi connectivity index (χ2v) is 8.46. The zero-order valence-electron chi connectivity index (χ0n) is 15.7. The third-order valence-corrected chi connectivity index (χ3v) is 6.22. The van der Waals surface area contributed by atoms with Crippen molar-refractivity contribution in [3.63, 3.8) is 0 Å². The standard InChI is InChI=1S/C22H21ClN2O3S/c23-15-6-3-9-17(14-15)25(22(27)18-10-4-12-28-18)20(19-11-5-13-29-19)21(26)24-16-7-1-2-8-16/h3-6,9-14,16,20H,1-2,7-8H2,(H,24,26). The minimum absolute atomic E-state index is 0.143. The van der Waals surface area contributed by atoms with Crippen LogP contribution in [-0.4, -0.2) is 17.9 Å². The summed E-state index contributed by atoms with van der Waals surface area (Å²) in [4.78, 5) is 29.1. The van der Waals surface area contributed by atoms with Gasteiger partial charge in [-0.15, -0.1) is 11.3 Å². The van der Waals surface area contributed by atoms with E-state index in [9.17, 15) is 9.59 Å². The van der Waals surface area contributed by atoms with Gasteiger partial charge >= 0.3 is 0 Å². The van der Waals surface area contributed by atoms with E-state index in [0.717, 1.165) is 30.6 Å². The Labute approximate surface area is 178 Å². The van der Waals surface area contributed by atoms with Crippen LogP contribution in [0.2, 0.25) is 5.02 Å². The van der Waals surface area contributed by atoms with E-state index in [0.29, 0.717) is 10.7 Å². The van der Waals surface area contributed by atoms with Crippen LogP contribution in [0.5, 0.6) is 0 Å². The van der Waals surface area contributed by atoms with Crippen molar-refractivity contribution >= 4 is 40.4 Å². The molecule has 1 aliphatic rings. The van der Waals surface area contributed by atoms with Gasteiger partial charge in [-0.3, -0.25) is 14.5 Å². The molecule has 4 rings (SSSR count). The molecule has 1 fully saturated rings. The first-order chi connectivity index (χ1) is 14.1. The number of carbonyl (C=O) groups excluding carboxylic acids is 2. The summed E-state index contributed by atoms with van der Waals surface area (Å²) >= 11 is 7.65. The molecule has 29 heavy (non-hydrogen) atoms. The molecule has 1 aromatic carbocycles. The van der Waals surface area contributed by atoms with Gasteiger partial charge < -0.3 is 9.73 Å². The summed E-state index contributed by atoms with van der Waals surface area (Å²) in [5, 5.41) is 5.53. The van der Waals surface area contributed by atoms with E-state index < -0.39 is 11.9 Å². The van der Waals surface area contributed by atoms with Crippen molar-refractivity contribution in [2.75, 3.05) is 4.90 Å². The zero-order chi connectivity index (χ0) is 20.2. The maximum absolute atomic E-state index is 13.4. The highest BCUT2D eigenvalue weighted by Crippen LogP contribution is 2.34. The number of thiophene rings is 1. The highest BCUT2D eigenvalue weighted by Gasteiger charge is 2.36. The number of amides is 2. The molecule has 1 saturated carbocycles. The Bertz CT molecular complexity index is 966. The second-order valence-electron chi connectivity index (χ2n) is 7.04. The minimum Gasteiger partial charge on any atom is -0.459 e. The summed E-state index contributed by atoms with van der Waals surface area (Å²) in [5.74, 6) is -0.420. The number of rotatable bonds is 6. The topological polar surface area (TPSA) is 62.6 Å². The molecule has 1 N–H and O–H groups in total. The number of benzene rings is 1. The van der Waals surface area contributed by atoms with Crippen LogP contribution in [0.1, 0.15) is 47.2 Å². The predicted octanol–water partition coefficient (Wildman–Crippen LogP) is 5.44. The van der Waals surface area contributed by atoms with E-state index >= 15 is 0 Å². The summed E-state index contributed by atoms with van der Waals surface area (Å²) in [6.07, 6.45) is 5.59. The molecular formula is C22H21ClN2O3S. The molecule has 1 atom stereocenters. The lowest BCUT2D eigenvalue weighted by Gasteiger charge is -2.31. The Hall–Kier alpha value is -2.57. The number of furan rings is 1. The number of anilines is 1. The number of hydrogen-bond acceptors (Lipinski definition) is 4. The van der Waals surface area contributed by atoms with Gasteiger partial charge in [0.1, 0.15) is 0 Å². The van der Waals surface area contributed by atoms with Crippen LogP contribution in [0, 0.1) is 0 Å². The van der Waals surface area contributed by atoms with Crippen molar-refractivity contribution in [2.24, 2.45) is 0 Å². The Morgan fingerprint density at radius 3 is 2.62 bits per heavy atom. The minimum atomic E-state index is -0.813. The summed E-state index contributed by atoms with van der Waals surface area (Å²) in [7, 11) is 0. The van der Waals surface area contributed by atoms with Gasteiger partial charge in [-0.1, -0.05) is 36.6 Å². The molecule has 0 bridgehead atoms. The number of hydrogen-bond donors (Lipinski definition) is 1. The van der Waals surface area contributed by atoms with Gasteiger partial charge in [-0.25, -0.2) is 0 Å². The fourth-order valence-electron chi connectivity index (χ4n) is 3.70. The Morgan fingerprint density at radius 1 is 1.14 bits per heavy atom. The zero-order valence-corrected chi connectivity index (χ0v) is 17.3. The van der Waals surface area contributed by atoms with Crippen LogP contribution >= 0.6 is 22.9 Å². The first-order valence-electron chi connectivity index (χ1n) is 9.60. The lowest BCUT2D eigenvalue weighted by atomic mass is 10.1. The van der Waals surface area contributed by atoms with Crippen LogP contribution in [0.3, 0.4) is 0 Å². The van der Waals surface area contributed by atoms with E-state index in [2.05, 4.69) is 5.32 Å². The van der Waals surface area contributed by atoms with Crippen molar-refractivity contribution in [2.45, 2.75) is 37.8 Å². The van der Waals surface area contributed by atoms with Crippen LogP contribution < -0.4 is 10.2 Å². The first-order valence-corrected chi connectivity index (χ1v) is 10.9. The molecule has 5 nitrogen and oxygen atoms in total. The predicted molar refractivity (Wildman–Crippen MR) is 114 cm³/mol. The Kier molecular flexibility index (Phi) is 6.02. The molecule has 2 amide bonds. The van der Waals surface area contributed by atoms with Gasteiger partial charge in [0, 0.05) is 21.6 Å². The molecule has 0 radical (unpaired) electrons. The maximum atomic E-state index is 13.4. The van der Waals surface area contributed by atoms with Gasteiger partial charge in [-0.2, -0.15) is 0 Å². The van der Waals surface area contributed by atoms with E-state index in [1.807, 2.05) is 17.5 Å². The molecule has 0 aliphatic heterocycles. The fourth-order valence-corrected chi connectivity index (χ4v) is 4.70. The summed E-state index contributed by atoms with van der Waals surface area (Å²) < 4.78 is 5.36. The van der Waals surface area contributed by atoms with E-state index in [1.54, 1.807) is 36.4 Å². The lowest BCUT2D eigenvalue weighted by molar-refractivity contribution is -0.123. The third kappa shape index (κ3) is 4.38. The monoisotopic (exact) mass is 428 g/mol. The third-order valence-electron chi connectivity index (χ3n) is 5.06. The van der Waals surface area contributed by atoms with E-state index in [1.165, 1.54) is 22.5 Å². The van der Waals surface area contributed by atoms with Crippen LogP contribution in [0.15, 0.2) is 64.6 Å². The number of halogens is 1. The van der Waals surface area contributed by atoms with Crippen LogP contribution in [0.4, 0.5) is 5.69 Å². The fraction of sp³-hybridized carbons (Fsp3) is 0.273. The summed E-state index contributed by atoms with van der Waals surface area (Å²) in [6, 6.07) is 13.3. The van der Waals surface area contributed by atoms with Crippen molar-refractivity contribution in [1.82, 2.24) is 5.32 Å². The lowest BCUT2D eigenvalue weighted by Crippen LogP contribution is -2.46. The highest BCUT2D eigenvalue weighted by atomic mass is 35.5. The number of carbonyl (C=O) groups is 2. The van der Waals surface area contributed by atoms with Gasteiger partial charge in [0.25, 0.3) is 5.91 Å². The van der Waals surface area contributed by atoms with Gasteiger partial charge in [0.2, 0.25) is 5.91 Å². The van der Waals surface area contributed by atoms with Crippen LogP contribution in [0.25, 0.3) is 0 Å². The summed E-state index contributed by atoms with van der Waals surface area (Å²) in [5.41, 5.74) is 0.541. The first kappa shape index (κ1) is 19.7.